The highest BCUT2D eigenvalue weighted by Crippen LogP contribution is 2.37. The van der Waals surface area contributed by atoms with E-state index in [2.05, 4.69) is 11.8 Å². The third kappa shape index (κ3) is 3.10. The Balaban J connectivity index is 1.61. The van der Waals surface area contributed by atoms with Crippen LogP contribution in [0.15, 0.2) is 0 Å². The molecule has 0 bridgehead atoms. The molecular weight excluding hydrogens is 246 g/mol. The summed E-state index contributed by atoms with van der Waals surface area (Å²) in [6.45, 7) is 4.62. The van der Waals surface area contributed by atoms with Gasteiger partial charge in [-0.2, -0.15) is 0 Å². The van der Waals surface area contributed by atoms with E-state index < -0.39 is 0 Å². The van der Waals surface area contributed by atoms with Gasteiger partial charge in [-0.05, 0) is 56.9 Å². The van der Waals surface area contributed by atoms with Crippen molar-refractivity contribution >= 4 is 5.78 Å². The van der Waals surface area contributed by atoms with Crippen LogP contribution in [0, 0.1) is 17.8 Å². The Kier molecular flexibility index (Phi) is 4.80. The van der Waals surface area contributed by atoms with Gasteiger partial charge in [0.1, 0.15) is 5.78 Å². The largest absolute Gasteiger partial charge is 0.299 e. The fourth-order valence-electron chi connectivity index (χ4n) is 4.99. The van der Waals surface area contributed by atoms with Gasteiger partial charge in [0.2, 0.25) is 0 Å². The van der Waals surface area contributed by atoms with E-state index in [1.165, 1.54) is 57.9 Å². The van der Waals surface area contributed by atoms with Gasteiger partial charge in [-0.25, -0.2) is 0 Å². The minimum atomic E-state index is 0.356. The summed E-state index contributed by atoms with van der Waals surface area (Å²) in [5, 5.41) is 0. The second kappa shape index (κ2) is 6.60. The van der Waals surface area contributed by atoms with Gasteiger partial charge < -0.3 is 0 Å². The lowest BCUT2D eigenvalue weighted by Crippen LogP contribution is -2.49. The predicted octanol–water partition coefficient (Wildman–Crippen LogP) is 4.04. The number of carbonyl (C=O) groups is 1. The van der Waals surface area contributed by atoms with Crippen molar-refractivity contribution in [2.75, 3.05) is 13.1 Å². The number of fused-ring (bicyclic) bond motifs is 1. The fraction of sp³-hybridized carbons (Fsp3) is 0.944. The number of Topliss-reactive ketones (excluding diaryl/α,β-unsaturated/α-hetero) is 1. The van der Waals surface area contributed by atoms with Crippen LogP contribution in [-0.2, 0) is 4.79 Å². The van der Waals surface area contributed by atoms with E-state index in [1.54, 1.807) is 0 Å². The van der Waals surface area contributed by atoms with Crippen LogP contribution in [0.5, 0.6) is 0 Å². The van der Waals surface area contributed by atoms with E-state index in [0.29, 0.717) is 11.7 Å². The minimum Gasteiger partial charge on any atom is -0.299 e. The van der Waals surface area contributed by atoms with Crippen LogP contribution in [0.2, 0.25) is 0 Å². The van der Waals surface area contributed by atoms with Gasteiger partial charge >= 0.3 is 0 Å². The Morgan fingerprint density at radius 1 is 1.10 bits per heavy atom. The van der Waals surface area contributed by atoms with Crippen molar-refractivity contribution in [1.82, 2.24) is 4.90 Å². The number of hydrogen-bond acceptors (Lipinski definition) is 2. The molecule has 0 spiro atoms. The predicted molar refractivity (Wildman–Crippen MR) is 82.7 cm³/mol. The zero-order valence-corrected chi connectivity index (χ0v) is 13.2. The molecule has 2 nitrogen and oxygen atoms in total. The Morgan fingerprint density at radius 3 is 2.75 bits per heavy atom. The summed E-state index contributed by atoms with van der Waals surface area (Å²) in [6, 6.07) is 0.812. The number of piperidine rings is 1. The summed E-state index contributed by atoms with van der Waals surface area (Å²) in [6.07, 6.45) is 12.9. The first-order valence-corrected chi connectivity index (χ1v) is 9.04. The molecular formula is C18H31NO. The molecule has 4 atom stereocenters. The van der Waals surface area contributed by atoms with Crippen molar-refractivity contribution in [1.29, 1.82) is 0 Å². The molecule has 2 aliphatic carbocycles. The van der Waals surface area contributed by atoms with Gasteiger partial charge in [-0.15, -0.1) is 0 Å². The van der Waals surface area contributed by atoms with Gasteiger partial charge in [0.05, 0.1) is 0 Å². The lowest BCUT2D eigenvalue weighted by Gasteiger charge is -2.45. The van der Waals surface area contributed by atoms with E-state index in [4.69, 9.17) is 0 Å². The van der Waals surface area contributed by atoms with E-state index >= 15 is 0 Å². The van der Waals surface area contributed by atoms with E-state index in [0.717, 1.165) is 37.3 Å². The molecule has 0 radical (unpaired) electrons. The first kappa shape index (κ1) is 14.6. The van der Waals surface area contributed by atoms with Gasteiger partial charge in [0.25, 0.3) is 0 Å². The van der Waals surface area contributed by atoms with Gasteiger partial charge in [-0.1, -0.05) is 26.2 Å². The Labute approximate surface area is 124 Å². The highest BCUT2D eigenvalue weighted by atomic mass is 16.1. The van der Waals surface area contributed by atoms with Crippen molar-refractivity contribution in [2.24, 2.45) is 17.8 Å². The lowest BCUT2D eigenvalue weighted by molar-refractivity contribution is -0.127. The van der Waals surface area contributed by atoms with Crippen molar-refractivity contribution in [3.8, 4) is 0 Å². The number of likely N-dealkylation sites (tertiary alicyclic amines) is 1. The minimum absolute atomic E-state index is 0.356. The smallest absolute Gasteiger partial charge is 0.137 e. The summed E-state index contributed by atoms with van der Waals surface area (Å²) >= 11 is 0. The quantitative estimate of drug-likeness (QED) is 0.776. The molecule has 0 aromatic rings. The third-order valence-corrected chi connectivity index (χ3v) is 6.26. The standard InChI is InChI=1S/C18H31NO/c1-2-14-9-10-18(20)16(12-14)13-19-11-5-7-15-6-3-4-8-17(15)19/h14-17H,2-13H2,1H3/t14?,15-,16?,17-/m1/s1. The molecule has 1 aliphatic heterocycles. The van der Waals surface area contributed by atoms with E-state index in [1.807, 2.05) is 0 Å². The fourth-order valence-corrected chi connectivity index (χ4v) is 4.99. The highest BCUT2D eigenvalue weighted by Gasteiger charge is 2.36. The molecule has 0 amide bonds. The second-order valence-electron chi connectivity index (χ2n) is 7.46. The third-order valence-electron chi connectivity index (χ3n) is 6.26. The highest BCUT2D eigenvalue weighted by molar-refractivity contribution is 5.82. The molecule has 0 aromatic carbocycles. The number of nitrogens with zero attached hydrogens (tertiary/aromatic N) is 1. The van der Waals surface area contributed by atoms with Crippen molar-refractivity contribution in [2.45, 2.75) is 77.2 Å². The summed E-state index contributed by atoms with van der Waals surface area (Å²) in [5.41, 5.74) is 0. The van der Waals surface area contributed by atoms with Crippen molar-refractivity contribution in [3.05, 3.63) is 0 Å². The molecule has 2 saturated carbocycles. The van der Waals surface area contributed by atoms with Crippen LogP contribution < -0.4 is 0 Å². The molecule has 3 fully saturated rings. The molecule has 114 valence electrons. The SMILES string of the molecule is CCC1CCC(=O)C(CN2CCC[C@H]3CCCC[C@H]32)C1. The normalized spacial score (nSPS) is 39.5. The maximum atomic E-state index is 12.3. The number of rotatable bonds is 3. The first-order valence-electron chi connectivity index (χ1n) is 9.04. The Morgan fingerprint density at radius 2 is 1.90 bits per heavy atom. The lowest BCUT2D eigenvalue weighted by atomic mass is 9.76. The van der Waals surface area contributed by atoms with Crippen molar-refractivity contribution in [3.63, 3.8) is 0 Å². The molecule has 3 aliphatic rings. The Hall–Kier alpha value is -0.370. The zero-order chi connectivity index (χ0) is 13.9. The summed E-state index contributed by atoms with van der Waals surface area (Å²) in [5.74, 6) is 2.67. The van der Waals surface area contributed by atoms with E-state index in [-0.39, 0.29) is 0 Å². The maximum absolute atomic E-state index is 12.3. The molecule has 2 unspecified atom stereocenters. The molecule has 0 aromatic heterocycles. The summed E-state index contributed by atoms with van der Waals surface area (Å²) < 4.78 is 0. The molecule has 0 N–H and O–H groups in total. The average molecular weight is 277 g/mol. The molecule has 1 heterocycles. The van der Waals surface area contributed by atoms with Crippen LogP contribution >= 0.6 is 0 Å². The van der Waals surface area contributed by atoms with Crippen LogP contribution in [-0.4, -0.2) is 29.8 Å². The second-order valence-corrected chi connectivity index (χ2v) is 7.46. The molecule has 1 saturated heterocycles. The first-order chi connectivity index (χ1) is 9.78. The maximum Gasteiger partial charge on any atom is 0.137 e. The van der Waals surface area contributed by atoms with Crippen LogP contribution in [0.1, 0.15) is 71.1 Å². The van der Waals surface area contributed by atoms with Gasteiger partial charge in [0, 0.05) is 24.9 Å². The number of hydrogen-bond donors (Lipinski definition) is 0. The van der Waals surface area contributed by atoms with E-state index in [9.17, 15) is 4.79 Å². The molecule has 3 rings (SSSR count). The van der Waals surface area contributed by atoms with Gasteiger partial charge in [0.15, 0.2) is 0 Å². The van der Waals surface area contributed by atoms with Crippen molar-refractivity contribution < 1.29 is 4.79 Å². The van der Waals surface area contributed by atoms with Crippen LogP contribution in [0.4, 0.5) is 0 Å². The average Bonchev–Trinajstić information content (AvgIpc) is 2.50. The van der Waals surface area contributed by atoms with Gasteiger partial charge in [-0.3, -0.25) is 9.69 Å². The Bertz CT molecular complexity index is 338. The summed E-state index contributed by atoms with van der Waals surface area (Å²) in [7, 11) is 0. The van der Waals surface area contributed by atoms with Crippen LogP contribution in [0.25, 0.3) is 0 Å². The number of ketones is 1. The van der Waals surface area contributed by atoms with Crippen LogP contribution in [0.3, 0.4) is 0 Å². The summed E-state index contributed by atoms with van der Waals surface area (Å²) in [4.78, 5) is 15.0. The molecule has 20 heavy (non-hydrogen) atoms. The zero-order valence-electron chi connectivity index (χ0n) is 13.2. The molecule has 2 heteroatoms. The monoisotopic (exact) mass is 277 g/mol. The number of carbonyl (C=O) groups excluding carboxylic acids is 1. The topological polar surface area (TPSA) is 20.3 Å².